The van der Waals surface area contributed by atoms with Crippen LogP contribution < -0.4 is 5.32 Å². The van der Waals surface area contributed by atoms with Gasteiger partial charge in [-0.3, -0.25) is 4.79 Å². The van der Waals surface area contributed by atoms with Crippen LogP contribution in [0.5, 0.6) is 0 Å². The molecule has 0 aliphatic rings. The van der Waals surface area contributed by atoms with Crippen LogP contribution in [-0.4, -0.2) is 35.9 Å². The van der Waals surface area contributed by atoms with Gasteiger partial charge in [-0.15, -0.1) is 0 Å². The van der Waals surface area contributed by atoms with Gasteiger partial charge in [-0.2, -0.15) is 0 Å². The molecule has 0 aliphatic heterocycles. The van der Waals surface area contributed by atoms with Crippen LogP contribution in [0.2, 0.25) is 0 Å². The molecule has 4 nitrogen and oxygen atoms in total. The van der Waals surface area contributed by atoms with Gasteiger partial charge in [-0.1, -0.05) is 54.6 Å². The molecule has 0 spiro atoms. The summed E-state index contributed by atoms with van der Waals surface area (Å²) in [5, 5.41) is 22.4. The third-order valence-corrected chi connectivity index (χ3v) is 4.28. The Bertz CT molecular complexity index is 625. The van der Waals surface area contributed by atoms with Crippen LogP contribution in [0, 0.1) is 5.92 Å². The summed E-state index contributed by atoms with van der Waals surface area (Å²) in [6, 6.07) is 18.4. The highest BCUT2D eigenvalue weighted by Gasteiger charge is 2.25. The number of hydrogen-bond acceptors (Lipinski definition) is 3. The zero-order chi connectivity index (χ0) is 17.4. The molecule has 0 radical (unpaired) electrons. The molecule has 4 heteroatoms. The molecular weight excluding hydrogens is 302 g/mol. The quantitative estimate of drug-likeness (QED) is 0.662. The minimum atomic E-state index is -0.933. The highest BCUT2D eigenvalue weighted by atomic mass is 16.4. The van der Waals surface area contributed by atoms with Crippen LogP contribution in [0.15, 0.2) is 54.6 Å². The SMILES string of the molecule is CNCCC(C(=O)O)C(O)CCc1ccc(-c2ccccc2)cc1. The van der Waals surface area contributed by atoms with Gasteiger partial charge >= 0.3 is 5.97 Å². The lowest BCUT2D eigenvalue weighted by molar-refractivity contribution is -0.146. The van der Waals surface area contributed by atoms with Crippen LogP contribution in [0.25, 0.3) is 11.1 Å². The van der Waals surface area contributed by atoms with E-state index in [0.29, 0.717) is 25.8 Å². The maximum atomic E-state index is 11.3. The lowest BCUT2D eigenvalue weighted by Gasteiger charge is -2.19. The molecule has 128 valence electrons. The molecule has 0 amide bonds. The van der Waals surface area contributed by atoms with Gasteiger partial charge in [0.05, 0.1) is 12.0 Å². The predicted octanol–water partition coefficient (Wildman–Crippen LogP) is 2.96. The Morgan fingerprint density at radius 2 is 1.62 bits per heavy atom. The van der Waals surface area contributed by atoms with E-state index in [0.717, 1.165) is 11.1 Å². The van der Waals surface area contributed by atoms with Crippen LogP contribution in [-0.2, 0) is 11.2 Å². The summed E-state index contributed by atoms with van der Waals surface area (Å²) in [6.07, 6.45) is 0.717. The molecular formula is C20H25NO3. The Kier molecular flexibility index (Phi) is 6.97. The second-order valence-electron chi connectivity index (χ2n) is 6.01. The number of nitrogens with one attached hydrogen (secondary N) is 1. The normalized spacial score (nSPS) is 13.4. The van der Waals surface area contributed by atoms with Crippen molar-refractivity contribution in [2.45, 2.75) is 25.4 Å². The second kappa shape index (κ2) is 9.21. The van der Waals surface area contributed by atoms with Crippen LogP contribution >= 0.6 is 0 Å². The number of carboxylic acid groups (broad SMARTS) is 1. The van der Waals surface area contributed by atoms with E-state index in [1.807, 2.05) is 30.3 Å². The number of aryl methyl sites for hydroxylation is 1. The summed E-state index contributed by atoms with van der Waals surface area (Å²) in [4.78, 5) is 11.3. The van der Waals surface area contributed by atoms with E-state index in [1.54, 1.807) is 7.05 Å². The summed E-state index contributed by atoms with van der Waals surface area (Å²) in [5.74, 6) is -1.65. The van der Waals surface area contributed by atoms with E-state index in [9.17, 15) is 15.0 Å². The maximum Gasteiger partial charge on any atom is 0.309 e. The summed E-state index contributed by atoms with van der Waals surface area (Å²) in [7, 11) is 1.78. The summed E-state index contributed by atoms with van der Waals surface area (Å²) in [5.41, 5.74) is 3.42. The Morgan fingerprint density at radius 1 is 1.00 bits per heavy atom. The molecule has 0 aliphatic carbocycles. The van der Waals surface area contributed by atoms with Crippen LogP contribution in [0.4, 0.5) is 0 Å². The second-order valence-corrected chi connectivity index (χ2v) is 6.01. The van der Waals surface area contributed by atoms with Gasteiger partial charge in [-0.25, -0.2) is 0 Å². The molecule has 2 unspecified atom stereocenters. The molecule has 0 heterocycles. The average Bonchev–Trinajstić information content (AvgIpc) is 2.61. The monoisotopic (exact) mass is 327 g/mol. The van der Waals surface area contributed by atoms with Crippen molar-refractivity contribution in [2.75, 3.05) is 13.6 Å². The molecule has 2 aromatic rings. The zero-order valence-corrected chi connectivity index (χ0v) is 14.0. The number of hydrogen-bond donors (Lipinski definition) is 3. The van der Waals surface area contributed by atoms with Crippen LogP contribution in [0.1, 0.15) is 18.4 Å². The number of aliphatic hydroxyl groups is 1. The largest absolute Gasteiger partial charge is 0.481 e. The number of benzene rings is 2. The van der Waals surface area contributed by atoms with E-state index in [2.05, 4.69) is 29.6 Å². The summed E-state index contributed by atoms with van der Waals surface area (Å²) >= 11 is 0. The number of carbonyl (C=O) groups is 1. The van der Waals surface area contributed by atoms with Crippen molar-refractivity contribution < 1.29 is 15.0 Å². The highest BCUT2D eigenvalue weighted by molar-refractivity contribution is 5.70. The van der Waals surface area contributed by atoms with Crippen molar-refractivity contribution in [3.63, 3.8) is 0 Å². The highest BCUT2D eigenvalue weighted by Crippen LogP contribution is 2.21. The lowest BCUT2D eigenvalue weighted by Crippen LogP contribution is -2.31. The minimum absolute atomic E-state index is 0.431. The number of carboxylic acids is 1. The summed E-state index contributed by atoms with van der Waals surface area (Å²) < 4.78 is 0. The van der Waals surface area contributed by atoms with Crippen molar-refractivity contribution in [2.24, 2.45) is 5.92 Å². The first kappa shape index (κ1) is 18.2. The first-order valence-corrected chi connectivity index (χ1v) is 8.31. The first-order chi connectivity index (χ1) is 11.6. The first-order valence-electron chi connectivity index (χ1n) is 8.31. The van der Waals surface area contributed by atoms with Crippen LogP contribution in [0.3, 0.4) is 0 Å². The Morgan fingerprint density at radius 3 is 2.21 bits per heavy atom. The van der Waals surface area contributed by atoms with E-state index >= 15 is 0 Å². The predicted molar refractivity (Wildman–Crippen MR) is 95.9 cm³/mol. The Labute approximate surface area is 143 Å². The average molecular weight is 327 g/mol. The molecule has 0 bridgehead atoms. The van der Waals surface area contributed by atoms with Gasteiger partial charge in [-0.05, 0) is 49.5 Å². The fourth-order valence-electron chi connectivity index (χ4n) is 2.79. The fraction of sp³-hybridized carbons (Fsp3) is 0.350. The molecule has 0 fully saturated rings. The van der Waals surface area contributed by atoms with E-state index in [4.69, 9.17) is 0 Å². The van der Waals surface area contributed by atoms with Gasteiger partial charge in [0.1, 0.15) is 0 Å². The van der Waals surface area contributed by atoms with Crippen molar-refractivity contribution in [3.8, 4) is 11.1 Å². The fourth-order valence-corrected chi connectivity index (χ4v) is 2.79. The molecule has 0 saturated heterocycles. The third kappa shape index (κ3) is 5.18. The standard InChI is InChI=1S/C20H25NO3/c1-21-14-13-18(20(23)24)19(22)12-9-15-7-10-17(11-8-15)16-5-3-2-4-6-16/h2-8,10-11,18-19,21-22H,9,12-14H2,1H3,(H,23,24). The molecule has 24 heavy (non-hydrogen) atoms. The van der Waals surface area contributed by atoms with Gasteiger partial charge < -0.3 is 15.5 Å². The Balaban J connectivity index is 1.92. The van der Waals surface area contributed by atoms with E-state index < -0.39 is 18.0 Å². The summed E-state index contributed by atoms with van der Waals surface area (Å²) in [6.45, 7) is 0.583. The van der Waals surface area contributed by atoms with Gasteiger partial charge in [0.2, 0.25) is 0 Å². The van der Waals surface area contributed by atoms with Crippen molar-refractivity contribution >= 4 is 5.97 Å². The third-order valence-electron chi connectivity index (χ3n) is 4.28. The molecule has 2 aromatic carbocycles. The molecule has 0 aromatic heterocycles. The van der Waals surface area contributed by atoms with E-state index in [-0.39, 0.29) is 0 Å². The van der Waals surface area contributed by atoms with E-state index in [1.165, 1.54) is 5.56 Å². The Hall–Kier alpha value is -2.17. The zero-order valence-electron chi connectivity index (χ0n) is 14.0. The number of aliphatic hydroxyl groups excluding tert-OH is 1. The molecule has 3 N–H and O–H groups in total. The van der Waals surface area contributed by atoms with Crippen molar-refractivity contribution in [1.82, 2.24) is 5.32 Å². The topological polar surface area (TPSA) is 69.6 Å². The maximum absolute atomic E-state index is 11.3. The molecule has 2 atom stereocenters. The van der Waals surface area contributed by atoms with Crippen molar-refractivity contribution in [3.05, 3.63) is 60.2 Å². The van der Waals surface area contributed by atoms with Crippen molar-refractivity contribution in [1.29, 1.82) is 0 Å². The smallest absolute Gasteiger partial charge is 0.309 e. The van der Waals surface area contributed by atoms with Gasteiger partial charge in [0, 0.05) is 0 Å². The van der Waals surface area contributed by atoms with Gasteiger partial charge in [0.25, 0.3) is 0 Å². The number of rotatable bonds is 9. The molecule has 0 saturated carbocycles. The number of aliphatic carboxylic acids is 1. The van der Waals surface area contributed by atoms with Gasteiger partial charge in [0.15, 0.2) is 0 Å². The minimum Gasteiger partial charge on any atom is -0.481 e. The molecule has 2 rings (SSSR count). The lowest BCUT2D eigenvalue weighted by atomic mass is 9.93.